The van der Waals surface area contributed by atoms with Gasteiger partial charge >= 0.3 is 9.33 Å². The van der Waals surface area contributed by atoms with Crippen molar-refractivity contribution in [2.75, 3.05) is 0 Å². The van der Waals surface area contributed by atoms with Gasteiger partial charge in [-0.3, -0.25) is 4.18 Å². The summed E-state index contributed by atoms with van der Waals surface area (Å²) in [6, 6.07) is 0. The second-order valence-electron chi connectivity index (χ2n) is 1.93. The van der Waals surface area contributed by atoms with Crippen LogP contribution in [0.2, 0.25) is 0 Å². The van der Waals surface area contributed by atoms with Crippen LogP contribution in [-0.2, 0) is 13.5 Å². The summed E-state index contributed by atoms with van der Waals surface area (Å²) in [5, 5.41) is 0. The Labute approximate surface area is 66.0 Å². The van der Waals surface area contributed by atoms with Gasteiger partial charge in [0.1, 0.15) is 0 Å². The highest BCUT2D eigenvalue weighted by Crippen LogP contribution is 2.09. The normalized spacial score (nSPS) is 12.4. The third-order valence-electron chi connectivity index (χ3n) is 1.16. The maximum absolute atomic E-state index is 10.3. The summed E-state index contributed by atoms with van der Waals surface area (Å²) >= 11 is 0. The Morgan fingerprint density at radius 2 is 1.80 bits per heavy atom. The van der Waals surface area contributed by atoms with E-state index < -0.39 is 9.33 Å². The molecule has 0 aliphatic heterocycles. The molecule has 0 aromatic heterocycles. The Bertz CT molecular complexity index is 171. The zero-order chi connectivity index (χ0) is 8.20. The molecule has 0 aliphatic carbocycles. The van der Waals surface area contributed by atoms with Crippen molar-refractivity contribution in [3.8, 4) is 0 Å². The lowest BCUT2D eigenvalue weighted by Gasteiger charge is -2.08. The minimum atomic E-state index is -3.78. The third kappa shape index (κ3) is 5.02. The van der Waals surface area contributed by atoms with Crippen molar-refractivity contribution in [2.24, 2.45) is 0 Å². The summed E-state index contributed by atoms with van der Waals surface area (Å²) in [5.41, 5.74) is 0. The Morgan fingerprint density at radius 1 is 1.40 bits per heavy atom. The molecule has 62 valence electrons. The van der Waals surface area contributed by atoms with Crippen molar-refractivity contribution in [3.05, 3.63) is 0 Å². The molecule has 10 heavy (non-hydrogen) atoms. The third-order valence-corrected chi connectivity index (χ3v) is 1.88. The van der Waals surface area contributed by atoms with E-state index in [0.29, 0.717) is 12.8 Å². The van der Waals surface area contributed by atoms with Crippen LogP contribution in [0.4, 0.5) is 0 Å². The van der Waals surface area contributed by atoms with Crippen LogP contribution in [-0.4, -0.2) is 14.5 Å². The van der Waals surface area contributed by atoms with Gasteiger partial charge in [0.25, 0.3) is 0 Å². The number of halogens is 1. The summed E-state index contributed by atoms with van der Waals surface area (Å²) in [6.45, 7) is 3.69. The molecule has 0 heterocycles. The van der Waals surface area contributed by atoms with Crippen LogP contribution < -0.4 is 0 Å². The standard InChI is InChI=1S/C5H11ClO3S/c1-3-5(4-2)9-10(6,7)8/h5H,3-4H2,1-2H3. The van der Waals surface area contributed by atoms with Crippen LogP contribution in [0.25, 0.3) is 0 Å². The molecule has 0 fully saturated rings. The maximum Gasteiger partial charge on any atom is 0.355 e. The molecule has 0 aromatic rings. The van der Waals surface area contributed by atoms with Crippen LogP contribution in [0.5, 0.6) is 0 Å². The van der Waals surface area contributed by atoms with E-state index in [-0.39, 0.29) is 6.10 Å². The van der Waals surface area contributed by atoms with E-state index in [2.05, 4.69) is 4.18 Å². The molecule has 0 aliphatic rings. The first kappa shape index (κ1) is 10.2. The first-order chi connectivity index (χ1) is 4.49. The van der Waals surface area contributed by atoms with Crippen molar-refractivity contribution in [3.63, 3.8) is 0 Å². The van der Waals surface area contributed by atoms with Crippen molar-refractivity contribution in [1.82, 2.24) is 0 Å². The van der Waals surface area contributed by atoms with Crippen LogP contribution in [0.15, 0.2) is 0 Å². The predicted octanol–water partition coefficient (Wildman–Crippen LogP) is 1.68. The Kier molecular flexibility index (Phi) is 4.24. The maximum atomic E-state index is 10.3. The lowest BCUT2D eigenvalue weighted by atomic mass is 10.2. The zero-order valence-electron chi connectivity index (χ0n) is 6.00. The molecule has 0 saturated heterocycles. The smallest absolute Gasteiger partial charge is 0.255 e. The fourth-order valence-electron chi connectivity index (χ4n) is 0.587. The summed E-state index contributed by atoms with van der Waals surface area (Å²) < 4.78 is 25.1. The summed E-state index contributed by atoms with van der Waals surface area (Å²) in [5.74, 6) is 0. The van der Waals surface area contributed by atoms with Crippen LogP contribution in [0.1, 0.15) is 26.7 Å². The van der Waals surface area contributed by atoms with Gasteiger partial charge in [0.05, 0.1) is 6.10 Å². The summed E-state index contributed by atoms with van der Waals surface area (Å²) in [4.78, 5) is 0. The largest absolute Gasteiger partial charge is 0.355 e. The number of rotatable bonds is 4. The second kappa shape index (κ2) is 4.16. The van der Waals surface area contributed by atoms with Crippen molar-refractivity contribution < 1.29 is 12.6 Å². The van der Waals surface area contributed by atoms with Gasteiger partial charge in [-0.15, -0.1) is 0 Å². The van der Waals surface area contributed by atoms with Gasteiger partial charge in [-0.25, -0.2) is 0 Å². The Balaban J connectivity index is 3.87. The Morgan fingerprint density at radius 3 is 1.90 bits per heavy atom. The molecule has 0 unspecified atom stereocenters. The molecule has 0 rings (SSSR count). The first-order valence-electron chi connectivity index (χ1n) is 3.12. The summed E-state index contributed by atoms with van der Waals surface area (Å²) in [6.07, 6.45) is 1.03. The Hall–Kier alpha value is 0.200. The SMILES string of the molecule is CCC(CC)OS(=O)(=O)Cl. The van der Waals surface area contributed by atoms with E-state index in [0.717, 1.165) is 0 Å². The van der Waals surface area contributed by atoms with Crippen LogP contribution in [0, 0.1) is 0 Å². The van der Waals surface area contributed by atoms with Gasteiger partial charge in [0.15, 0.2) is 0 Å². The van der Waals surface area contributed by atoms with E-state index in [4.69, 9.17) is 10.7 Å². The topological polar surface area (TPSA) is 43.4 Å². The highest BCUT2D eigenvalue weighted by Gasteiger charge is 2.12. The average molecular weight is 187 g/mol. The second-order valence-corrected chi connectivity index (χ2v) is 4.04. The molecule has 0 amide bonds. The molecule has 0 N–H and O–H groups in total. The molecule has 0 saturated carbocycles. The fraction of sp³-hybridized carbons (Fsp3) is 1.00. The van der Waals surface area contributed by atoms with Crippen molar-refractivity contribution in [2.45, 2.75) is 32.8 Å². The van der Waals surface area contributed by atoms with E-state index in [1.54, 1.807) is 0 Å². The molecule has 5 heteroatoms. The van der Waals surface area contributed by atoms with Gasteiger partial charge in [0.2, 0.25) is 0 Å². The number of hydrogen-bond acceptors (Lipinski definition) is 3. The highest BCUT2D eigenvalue weighted by atomic mass is 35.7. The lowest BCUT2D eigenvalue weighted by Crippen LogP contribution is -2.12. The van der Waals surface area contributed by atoms with Gasteiger partial charge in [-0.2, -0.15) is 8.42 Å². The lowest BCUT2D eigenvalue weighted by molar-refractivity contribution is 0.206. The summed E-state index contributed by atoms with van der Waals surface area (Å²) in [7, 11) is 1.06. The molecular weight excluding hydrogens is 176 g/mol. The quantitative estimate of drug-likeness (QED) is 0.628. The minimum Gasteiger partial charge on any atom is -0.255 e. The fourth-order valence-corrected chi connectivity index (χ4v) is 1.49. The molecule has 0 aromatic carbocycles. The van der Waals surface area contributed by atoms with Crippen LogP contribution in [0.3, 0.4) is 0 Å². The van der Waals surface area contributed by atoms with E-state index in [1.807, 2.05) is 13.8 Å². The van der Waals surface area contributed by atoms with E-state index >= 15 is 0 Å². The van der Waals surface area contributed by atoms with Gasteiger partial charge in [-0.1, -0.05) is 13.8 Å². The van der Waals surface area contributed by atoms with Gasteiger partial charge in [0, 0.05) is 10.7 Å². The molecule has 0 atom stereocenters. The molecule has 0 radical (unpaired) electrons. The van der Waals surface area contributed by atoms with Crippen molar-refractivity contribution in [1.29, 1.82) is 0 Å². The molecule has 3 nitrogen and oxygen atoms in total. The zero-order valence-corrected chi connectivity index (χ0v) is 7.57. The predicted molar refractivity (Wildman–Crippen MR) is 40.2 cm³/mol. The number of hydrogen-bond donors (Lipinski definition) is 0. The monoisotopic (exact) mass is 186 g/mol. The average Bonchev–Trinajstić information content (AvgIpc) is 1.81. The van der Waals surface area contributed by atoms with Crippen molar-refractivity contribution >= 4 is 20.0 Å². The molecule has 0 bridgehead atoms. The van der Waals surface area contributed by atoms with Gasteiger partial charge < -0.3 is 0 Å². The molecule has 0 spiro atoms. The van der Waals surface area contributed by atoms with Crippen LogP contribution >= 0.6 is 10.7 Å². The first-order valence-corrected chi connectivity index (χ1v) is 5.36. The van der Waals surface area contributed by atoms with E-state index in [9.17, 15) is 8.42 Å². The van der Waals surface area contributed by atoms with Gasteiger partial charge in [-0.05, 0) is 12.8 Å². The highest BCUT2D eigenvalue weighted by molar-refractivity contribution is 8.10. The molecular formula is C5H11ClO3S. The van der Waals surface area contributed by atoms with E-state index in [1.165, 1.54) is 0 Å². The minimum absolute atomic E-state index is 0.275.